The van der Waals surface area contributed by atoms with E-state index in [1.54, 1.807) is 0 Å². The highest BCUT2D eigenvalue weighted by Gasteiger charge is 2.56. The van der Waals surface area contributed by atoms with E-state index in [1.165, 1.54) is 58.2 Å². The van der Waals surface area contributed by atoms with Gasteiger partial charge in [0.05, 0.1) is 5.54 Å². The molecule has 3 saturated heterocycles. The van der Waals surface area contributed by atoms with Crippen LogP contribution in [0.25, 0.3) is 0 Å². The first-order valence-electron chi connectivity index (χ1n) is 7.54. The quantitative estimate of drug-likeness (QED) is 0.776. The van der Waals surface area contributed by atoms with E-state index in [0.29, 0.717) is 5.54 Å². The summed E-state index contributed by atoms with van der Waals surface area (Å²) in [5.41, 5.74) is 6.63. The average Bonchev–Trinajstić information content (AvgIpc) is 3.09. The molecule has 3 heterocycles. The topological polar surface area (TPSA) is 32.5 Å². The van der Waals surface area contributed by atoms with Crippen molar-refractivity contribution in [2.75, 3.05) is 26.2 Å². The molecular weight excluding hydrogens is 210 g/mol. The molecule has 4 rings (SSSR count). The van der Waals surface area contributed by atoms with Gasteiger partial charge in [0.25, 0.3) is 0 Å². The van der Waals surface area contributed by atoms with Crippen molar-refractivity contribution >= 4 is 0 Å². The Kier molecular flexibility index (Phi) is 2.34. The maximum absolute atomic E-state index is 6.27. The van der Waals surface area contributed by atoms with Crippen LogP contribution in [0.4, 0.5) is 0 Å². The maximum atomic E-state index is 6.27. The van der Waals surface area contributed by atoms with Crippen LogP contribution in [0, 0.1) is 5.92 Å². The second-order valence-electron chi connectivity index (χ2n) is 6.74. The Labute approximate surface area is 104 Å². The van der Waals surface area contributed by atoms with Crippen LogP contribution in [-0.2, 0) is 0 Å². The van der Waals surface area contributed by atoms with Crippen molar-refractivity contribution in [3.05, 3.63) is 0 Å². The number of fused-ring (bicyclic) bond motifs is 3. The molecule has 1 saturated carbocycles. The Balaban J connectivity index is 1.64. The molecule has 0 amide bonds. The lowest BCUT2D eigenvalue weighted by Gasteiger charge is -2.46. The van der Waals surface area contributed by atoms with Crippen molar-refractivity contribution < 1.29 is 0 Å². The molecular formula is C14H25N3. The SMILES string of the molecule is NCC1(N2CC3CCC2C3)CCN2CCCC21. The Morgan fingerprint density at radius 1 is 1.18 bits per heavy atom. The van der Waals surface area contributed by atoms with Crippen LogP contribution in [0.3, 0.4) is 0 Å². The third kappa shape index (κ3) is 1.33. The van der Waals surface area contributed by atoms with Gasteiger partial charge in [0.1, 0.15) is 0 Å². The molecule has 4 atom stereocenters. The summed E-state index contributed by atoms with van der Waals surface area (Å²) in [5.74, 6) is 0.999. The zero-order valence-electron chi connectivity index (χ0n) is 10.8. The van der Waals surface area contributed by atoms with E-state index in [9.17, 15) is 0 Å². The number of rotatable bonds is 2. The van der Waals surface area contributed by atoms with Gasteiger partial charge in [0.15, 0.2) is 0 Å². The van der Waals surface area contributed by atoms with Gasteiger partial charge >= 0.3 is 0 Å². The minimum absolute atomic E-state index is 0.357. The third-order valence-electron chi connectivity index (χ3n) is 6.15. The molecule has 3 nitrogen and oxygen atoms in total. The summed E-state index contributed by atoms with van der Waals surface area (Å²) in [5, 5.41) is 0. The molecule has 2 N–H and O–H groups in total. The van der Waals surface area contributed by atoms with Gasteiger partial charge < -0.3 is 5.73 Å². The predicted molar refractivity (Wildman–Crippen MR) is 68.8 cm³/mol. The molecule has 2 bridgehead atoms. The van der Waals surface area contributed by atoms with Gasteiger partial charge in [0, 0.05) is 31.7 Å². The summed E-state index contributed by atoms with van der Waals surface area (Å²) in [6.45, 7) is 4.87. The van der Waals surface area contributed by atoms with Crippen molar-refractivity contribution in [2.45, 2.75) is 56.1 Å². The zero-order valence-corrected chi connectivity index (χ0v) is 10.8. The molecule has 0 aromatic carbocycles. The smallest absolute Gasteiger partial charge is 0.0501 e. The highest BCUT2D eigenvalue weighted by Crippen LogP contribution is 2.48. The normalized spacial score (nSPS) is 50.3. The summed E-state index contributed by atoms with van der Waals surface area (Å²) in [6.07, 6.45) is 8.51. The lowest BCUT2D eigenvalue weighted by molar-refractivity contribution is 0.0376. The Hall–Kier alpha value is -0.120. The number of hydrogen-bond acceptors (Lipinski definition) is 3. The van der Waals surface area contributed by atoms with Crippen molar-refractivity contribution in [3.8, 4) is 0 Å². The highest BCUT2D eigenvalue weighted by atomic mass is 15.4. The van der Waals surface area contributed by atoms with Gasteiger partial charge in [-0.3, -0.25) is 9.80 Å². The fourth-order valence-electron chi connectivity index (χ4n) is 5.37. The van der Waals surface area contributed by atoms with Crippen LogP contribution >= 0.6 is 0 Å². The van der Waals surface area contributed by atoms with E-state index in [-0.39, 0.29) is 0 Å². The summed E-state index contributed by atoms with van der Waals surface area (Å²) in [4.78, 5) is 5.58. The molecule has 0 aromatic rings. The van der Waals surface area contributed by atoms with Crippen molar-refractivity contribution in [1.82, 2.24) is 9.80 Å². The Bertz CT molecular complexity index is 319. The van der Waals surface area contributed by atoms with Gasteiger partial charge in [-0.05, 0) is 51.0 Å². The standard InChI is InChI=1S/C14H25N3/c15-10-14(5-7-16-6-1-2-13(14)16)17-9-11-3-4-12(17)8-11/h11-13H,1-10,15H2. The van der Waals surface area contributed by atoms with Crippen LogP contribution in [0.15, 0.2) is 0 Å². The van der Waals surface area contributed by atoms with E-state index in [4.69, 9.17) is 5.73 Å². The van der Waals surface area contributed by atoms with E-state index in [2.05, 4.69) is 9.80 Å². The van der Waals surface area contributed by atoms with E-state index >= 15 is 0 Å². The number of hydrogen-bond donors (Lipinski definition) is 1. The lowest BCUT2D eigenvalue weighted by atomic mass is 9.85. The summed E-state index contributed by atoms with van der Waals surface area (Å²) in [6, 6.07) is 1.66. The molecule has 17 heavy (non-hydrogen) atoms. The summed E-state index contributed by atoms with van der Waals surface area (Å²) in [7, 11) is 0. The second kappa shape index (κ2) is 3.69. The van der Waals surface area contributed by atoms with Crippen molar-refractivity contribution in [3.63, 3.8) is 0 Å². The molecule has 0 spiro atoms. The summed E-state index contributed by atoms with van der Waals surface area (Å²) < 4.78 is 0. The van der Waals surface area contributed by atoms with Gasteiger partial charge in [0.2, 0.25) is 0 Å². The molecule has 3 aliphatic heterocycles. The number of nitrogens with two attached hydrogens (primary N) is 1. The van der Waals surface area contributed by atoms with Gasteiger partial charge in [-0.1, -0.05) is 0 Å². The van der Waals surface area contributed by atoms with E-state index in [1.807, 2.05) is 0 Å². The van der Waals surface area contributed by atoms with Crippen LogP contribution in [-0.4, -0.2) is 53.6 Å². The Morgan fingerprint density at radius 3 is 2.82 bits per heavy atom. The highest BCUT2D eigenvalue weighted by molar-refractivity contribution is 5.13. The third-order valence-corrected chi connectivity index (χ3v) is 6.15. The first-order chi connectivity index (χ1) is 8.33. The van der Waals surface area contributed by atoms with Crippen LogP contribution in [0.2, 0.25) is 0 Å². The second-order valence-corrected chi connectivity index (χ2v) is 6.74. The van der Waals surface area contributed by atoms with Crippen LogP contribution in [0.5, 0.6) is 0 Å². The minimum Gasteiger partial charge on any atom is -0.329 e. The van der Waals surface area contributed by atoms with Crippen molar-refractivity contribution in [1.29, 1.82) is 0 Å². The summed E-state index contributed by atoms with van der Waals surface area (Å²) >= 11 is 0. The fraction of sp³-hybridized carbons (Fsp3) is 1.00. The predicted octanol–water partition coefficient (Wildman–Crippen LogP) is 1.04. The first-order valence-corrected chi connectivity index (χ1v) is 7.54. The molecule has 96 valence electrons. The number of piperidine rings is 1. The molecule has 0 radical (unpaired) electrons. The largest absolute Gasteiger partial charge is 0.329 e. The number of likely N-dealkylation sites (tertiary alicyclic amines) is 1. The van der Waals surface area contributed by atoms with E-state index < -0.39 is 0 Å². The molecule has 1 aliphatic carbocycles. The van der Waals surface area contributed by atoms with Crippen molar-refractivity contribution in [2.24, 2.45) is 11.7 Å². The molecule has 4 unspecified atom stereocenters. The zero-order chi connectivity index (χ0) is 11.5. The van der Waals surface area contributed by atoms with Gasteiger partial charge in [-0.2, -0.15) is 0 Å². The average molecular weight is 235 g/mol. The van der Waals surface area contributed by atoms with E-state index in [0.717, 1.165) is 24.5 Å². The van der Waals surface area contributed by atoms with Gasteiger partial charge in [-0.25, -0.2) is 0 Å². The molecule has 0 aromatic heterocycles. The van der Waals surface area contributed by atoms with Gasteiger partial charge in [-0.15, -0.1) is 0 Å². The van der Waals surface area contributed by atoms with Crippen LogP contribution < -0.4 is 5.73 Å². The monoisotopic (exact) mass is 235 g/mol. The molecule has 3 heteroatoms. The Morgan fingerprint density at radius 2 is 2.12 bits per heavy atom. The maximum Gasteiger partial charge on any atom is 0.0501 e. The van der Waals surface area contributed by atoms with Crippen LogP contribution in [0.1, 0.15) is 38.5 Å². The molecule has 4 fully saturated rings. The lowest BCUT2D eigenvalue weighted by Crippen LogP contribution is -2.61. The molecule has 4 aliphatic rings. The number of nitrogens with zero attached hydrogens (tertiary/aromatic N) is 2. The fourth-order valence-corrected chi connectivity index (χ4v) is 5.37. The first kappa shape index (κ1) is 10.8. The minimum atomic E-state index is 0.357.